The number of ether oxygens (including phenoxy) is 1. The SMILES string of the molecule is CCCCOC(=O)CNC(CO)C(C)C. The van der Waals surface area contributed by atoms with Crippen LogP contribution in [0.25, 0.3) is 0 Å². The number of carbonyl (C=O) groups excluding carboxylic acids is 1. The van der Waals surface area contributed by atoms with Crippen LogP contribution in [0.4, 0.5) is 0 Å². The Morgan fingerprint density at radius 2 is 2.13 bits per heavy atom. The standard InChI is InChI=1S/C11H23NO3/c1-4-5-6-15-11(14)7-12-10(8-13)9(2)3/h9-10,12-13H,4-8H2,1-3H3. The van der Waals surface area contributed by atoms with Crippen molar-refractivity contribution < 1.29 is 14.6 Å². The van der Waals surface area contributed by atoms with Crippen molar-refractivity contribution in [2.45, 2.75) is 39.7 Å². The van der Waals surface area contributed by atoms with Crippen LogP contribution in [0.3, 0.4) is 0 Å². The largest absolute Gasteiger partial charge is 0.465 e. The predicted octanol–water partition coefficient (Wildman–Crippen LogP) is 0.936. The zero-order valence-electron chi connectivity index (χ0n) is 9.95. The minimum atomic E-state index is -0.248. The molecule has 0 rings (SSSR count). The number of carbonyl (C=O) groups is 1. The first-order valence-electron chi connectivity index (χ1n) is 5.61. The molecule has 1 atom stereocenters. The number of hydrogen-bond donors (Lipinski definition) is 2. The maximum absolute atomic E-state index is 11.2. The highest BCUT2D eigenvalue weighted by atomic mass is 16.5. The van der Waals surface area contributed by atoms with Crippen LogP contribution >= 0.6 is 0 Å². The number of esters is 1. The third kappa shape index (κ3) is 7.33. The van der Waals surface area contributed by atoms with E-state index < -0.39 is 0 Å². The summed E-state index contributed by atoms with van der Waals surface area (Å²) in [5.41, 5.74) is 0. The third-order valence-electron chi connectivity index (χ3n) is 2.27. The van der Waals surface area contributed by atoms with Crippen LogP contribution < -0.4 is 5.32 Å². The van der Waals surface area contributed by atoms with Crippen molar-refractivity contribution in [2.24, 2.45) is 5.92 Å². The highest BCUT2D eigenvalue weighted by Gasteiger charge is 2.13. The molecule has 0 fully saturated rings. The fraction of sp³-hybridized carbons (Fsp3) is 0.909. The second kappa shape index (κ2) is 8.68. The molecule has 2 N–H and O–H groups in total. The van der Waals surface area contributed by atoms with Crippen molar-refractivity contribution in [3.05, 3.63) is 0 Å². The Kier molecular flexibility index (Phi) is 8.33. The molecule has 15 heavy (non-hydrogen) atoms. The van der Waals surface area contributed by atoms with E-state index in [1.165, 1.54) is 0 Å². The third-order valence-corrected chi connectivity index (χ3v) is 2.27. The van der Waals surface area contributed by atoms with Crippen molar-refractivity contribution in [3.8, 4) is 0 Å². The van der Waals surface area contributed by atoms with Gasteiger partial charge in [0.1, 0.15) is 0 Å². The average Bonchev–Trinajstić information content (AvgIpc) is 2.18. The molecule has 0 aromatic heterocycles. The Balaban J connectivity index is 3.59. The molecular formula is C11H23NO3. The summed E-state index contributed by atoms with van der Waals surface area (Å²) < 4.78 is 4.97. The van der Waals surface area contributed by atoms with Crippen molar-refractivity contribution in [3.63, 3.8) is 0 Å². The summed E-state index contributed by atoms with van der Waals surface area (Å²) in [6.45, 7) is 6.74. The summed E-state index contributed by atoms with van der Waals surface area (Å²) in [4.78, 5) is 11.2. The molecule has 0 saturated heterocycles. The zero-order valence-corrected chi connectivity index (χ0v) is 9.95. The van der Waals surface area contributed by atoms with Gasteiger partial charge in [-0.05, 0) is 12.3 Å². The van der Waals surface area contributed by atoms with Gasteiger partial charge < -0.3 is 15.2 Å². The van der Waals surface area contributed by atoms with Crippen LogP contribution in [0.2, 0.25) is 0 Å². The molecule has 0 bridgehead atoms. The van der Waals surface area contributed by atoms with E-state index in [4.69, 9.17) is 9.84 Å². The van der Waals surface area contributed by atoms with Gasteiger partial charge in [-0.15, -0.1) is 0 Å². The van der Waals surface area contributed by atoms with Gasteiger partial charge in [-0.1, -0.05) is 27.2 Å². The van der Waals surface area contributed by atoms with Gasteiger partial charge in [0.2, 0.25) is 0 Å². The minimum absolute atomic E-state index is 0.0382. The van der Waals surface area contributed by atoms with E-state index in [0.29, 0.717) is 12.5 Å². The number of unbranched alkanes of at least 4 members (excludes halogenated alkanes) is 1. The topological polar surface area (TPSA) is 58.6 Å². The van der Waals surface area contributed by atoms with Crippen molar-refractivity contribution in [1.29, 1.82) is 0 Å². The summed E-state index contributed by atoms with van der Waals surface area (Å²) in [6.07, 6.45) is 1.92. The van der Waals surface area contributed by atoms with Crippen LogP contribution in [-0.2, 0) is 9.53 Å². The summed E-state index contributed by atoms with van der Waals surface area (Å²) in [5.74, 6) is 0.0565. The van der Waals surface area contributed by atoms with Gasteiger partial charge in [-0.25, -0.2) is 0 Å². The van der Waals surface area contributed by atoms with Gasteiger partial charge >= 0.3 is 5.97 Å². The van der Waals surface area contributed by atoms with E-state index in [0.717, 1.165) is 12.8 Å². The van der Waals surface area contributed by atoms with Crippen LogP contribution in [-0.4, -0.2) is 36.9 Å². The minimum Gasteiger partial charge on any atom is -0.465 e. The van der Waals surface area contributed by atoms with Crippen LogP contribution in [0, 0.1) is 5.92 Å². The molecule has 0 heterocycles. The van der Waals surface area contributed by atoms with E-state index in [9.17, 15) is 4.79 Å². The van der Waals surface area contributed by atoms with Crippen LogP contribution in [0.15, 0.2) is 0 Å². The lowest BCUT2D eigenvalue weighted by Gasteiger charge is -2.19. The lowest BCUT2D eigenvalue weighted by Crippen LogP contribution is -2.40. The van der Waals surface area contributed by atoms with Gasteiger partial charge in [0.25, 0.3) is 0 Å². The summed E-state index contributed by atoms with van der Waals surface area (Å²) in [5, 5.41) is 12.0. The number of rotatable bonds is 8. The van der Waals surface area contributed by atoms with E-state index >= 15 is 0 Å². The molecule has 0 saturated carbocycles. The number of nitrogens with one attached hydrogen (secondary N) is 1. The maximum Gasteiger partial charge on any atom is 0.319 e. The van der Waals surface area contributed by atoms with Gasteiger partial charge in [0.05, 0.1) is 19.8 Å². The van der Waals surface area contributed by atoms with Gasteiger partial charge in [-0.3, -0.25) is 4.79 Å². The molecule has 0 amide bonds. The molecule has 1 unspecified atom stereocenters. The van der Waals surface area contributed by atoms with Gasteiger partial charge in [0, 0.05) is 6.04 Å². The van der Waals surface area contributed by atoms with E-state index in [2.05, 4.69) is 5.32 Å². The first-order valence-corrected chi connectivity index (χ1v) is 5.61. The summed E-state index contributed by atoms with van der Waals surface area (Å²) in [7, 11) is 0. The van der Waals surface area contributed by atoms with E-state index in [1.807, 2.05) is 20.8 Å². The highest BCUT2D eigenvalue weighted by molar-refractivity contribution is 5.71. The molecule has 4 heteroatoms. The predicted molar refractivity (Wildman–Crippen MR) is 59.6 cm³/mol. The highest BCUT2D eigenvalue weighted by Crippen LogP contribution is 1.99. The maximum atomic E-state index is 11.2. The molecule has 90 valence electrons. The Labute approximate surface area is 92.0 Å². The molecule has 0 aromatic carbocycles. The molecule has 0 aromatic rings. The lowest BCUT2D eigenvalue weighted by molar-refractivity contribution is -0.142. The quantitative estimate of drug-likeness (QED) is 0.469. The van der Waals surface area contributed by atoms with Crippen molar-refractivity contribution >= 4 is 5.97 Å². The summed E-state index contributed by atoms with van der Waals surface area (Å²) in [6, 6.07) is -0.0382. The molecular weight excluding hydrogens is 194 g/mol. The monoisotopic (exact) mass is 217 g/mol. The fourth-order valence-corrected chi connectivity index (χ4v) is 1.11. The van der Waals surface area contributed by atoms with E-state index in [1.54, 1.807) is 0 Å². The Bertz CT molecular complexity index is 171. The average molecular weight is 217 g/mol. The number of aliphatic hydroxyl groups excluding tert-OH is 1. The Hall–Kier alpha value is -0.610. The number of hydrogen-bond acceptors (Lipinski definition) is 4. The fourth-order valence-electron chi connectivity index (χ4n) is 1.11. The van der Waals surface area contributed by atoms with Crippen LogP contribution in [0.1, 0.15) is 33.6 Å². The lowest BCUT2D eigenvalue weighted by atomic mass is 10.1. The molecule has 0 aliphatic heterocycles. The summed E-state index contributed by atoms with van der Waals surface area (Å²) >= 11 is 0. The number of aliphatic hydroxyl groups is 1. The molecule has 0 radical (unpaired) electrons. The second-order valence-electron chi connectivity index (χ2n) is 3.99. The molecule has 4 nitrogen and oxygen atoms in total. The first-order chi connectivity index (χ1) is 7.11. The molecule has 0 aliphatic carbocycles. The van der Waals surface area contributed by atoms with Crippen molar-refractivity contribution in [1.82, 2.24) is 5.32 Å². The van der Waals surface area contributed by atoms with Gasteiger partial charge in [-0.2, -0.15) is 0 Å². The van der Waals surface area contributed by atoms with Crippen LogP contribution in [0.5, 0.6) is 0 Å². The van der Waals surface area contributed by atoms with E-state index in [-0.39, 0.29) is 25.2 Å². The smallest absolute Gasteiger partial charge is 0.319 e. The normalized spacial score (nSPS) is 12.9. The van der Waals surface area contributed by atoms with Gasteiger partial charge in [0.15, 0.2) is 0 Å². The first kappa shape index (κ1) is 14.4. The van der Waals surface area contributed by atoms with Crippen molar-refractivity contribution in [2.75, 3.05) is 19.8 Å². The Morgan fingerprint density at radius 3 is 2.60 bits per heavy atom. The second-order valence-corrected chi connectivity index (χ2v) is 3.99. The molecule has 0 spiro atoms. The zero-order chi connectivity index (χ0) is 11.7. The molecule has 0 aliphatic rings. The Morgan fingerprint density at radius 1 is 1.47 bits per heavy atom.